The van der Waals surface area contributed by atoms with Crippen LogP contribution in [0.5, 0.6) is 0 Å². The monoisotopic (exact) mass is 237 g/mol. The summed E-state index contributed by atoms with van der Waals surface area (Å²) in [6, 6.07) is 3.99. The Hall–Kier alpha value is -1.95. The van der Waals surface area contributed by atoms with Crippen LogP contribution < -0.4 is 5.73 Å². The molecule has 0 bridgehead atoms. The number of hydrogen-bond donors (Lipinski definition) is 1. The second-order valence-corrected chi connectivity index (χ2v) is 3.57. The Morgan fingerprint density at radius 1 is 1.47 bits per heavy atom. The third-order valence-electron chi connectivity index (χ3n) is 2.40. The van der Waals surface area contributed by atoms with Gasteiger partial charge in [-0.25, -0.2) is 4.39 Å². The van der Waals surface area contributed by atoms with Crippen molar-refractivity contribution in [3.05, 3.63) is 29.8 Å². The molecule has 0 saturated heterocycles. The minimum absolute atomic E-state index is 0.251. The highest BCUT2D eigenvalue weighted by molar-refractivity contribution is 5.70. The van der Waals surface area contributed by atoms with E-state index in [9.17, 15) is 4.39 Å². The average Bonchev–Trinajstić information content (AvgIpc) is 2.77. The number of benzene rings is 1. The van der Waals surface area contributed by atoms with Gasteiger partial charge in [-0.3, -0.25) is 0 Å². The van der Waals surface area contributed by atoms with Gasteiger partial charge in [-0.2, -0.15) is 4.98 Å². The molecule has 0 aliphatic rings. The van der Waals surface area contributed by atoms with Crippen molar-refractivity contribution < 1.29 is 13.7 Å². The first-order chi connectivity index (χ1) is 8.11. The van der Waals surface area contributed by atoms with Gasteiger partial charge in [-0.05, 0) is 25.1 Å². The Morgan fingerprint density at radius 2 is 2.24 bits per heavy atom. The molecule has 6 heteroatoms. The molecule has 1 heterocycles. The number of halogens is 1. The quantitative estimate of drug-likeness (QED) is 0.828. The molecule has 0 aliphatic heterocycles. The van der Waals surface area contributed by atoms with E-state index >= 15 is 0 Å². The SMILES string of the molecule is COC(C)c1noc(-c2ccc(F)cc2N)n1. The summed E-state index contributed by atoms with van der Waals surface area (Å²) in [5.41, 5.74) is 6.43. The zero-order chi connectivity index (χ0) is 12.4. The van der Waals surface area contributed by atoms with Crippen molar-refractivity contribution in [2.45, 2.75) is 13.0 Å². The Balaban J connectivity index is 2.37. The zero-order valence-electron chi connectivity index (χ0n) is 9.48. The maximum atomic E-state index is 12.9. The van der Waals surface area contributed by atoms with Gasteiger partial charge >= 0.3 is 0 Å². The van der Waals surface area contributed by atoms with Crippen molar-refractivity contribution in [2.24, 2.45) is 0 Å². The fourth-order valence-corrected chi connectivity index (χ4v) is 1.34. The van der Waals surface area contributed by atoms with Crippen molar-refractivity contribution in [1.29, 1.82) is 0 Å². The number of methoxy groups -OCH3 is 1. The van der Waals surface area contributed by atoms with Gasteiger partial charge in [0.05, 0.1) is 5.56 Å². The van der Waals surface area contributed by atoms with E-state index in [4.69, 9.17) is 15.0 Å². The van der Waals surface area contributed by atoms with E-state index in [-0.39, 0.29) is 17.7 Å². The van der Waals surface area contributed by atoms with Crippen LogP contribution in [0.15, 0.2) is 22.7 Å². The first kappa shape index (κ1) is 11.5. The van der Waals surface area contributed by atoms with Gasteiger partial charge in [-0.15, -0.1) is 0 Å². The van der Waals surface area contributed by atoms with Crippen LogP contribution in [0.1, 0.15) is 18.9 Å². The maximum absolute atomic E-state index is 12.9. The van der Waals surface area contributed by atoms with Crippen LogP contribution >= 0.6 is 0 Å². The van der Waals surface area contributed by atoms with E-state index < -0.39 is 5.82 Å². The lowest BCUT2D eigenvalue weighted by Gasteiger charge is -2.01. The molecule has 5 nitrogen and oxygen atoms in total. The van der Waals surface area contributed by atoms with Gasteiger partial charge in [0.15, 0.2) is 0 Å². The Labute approximate surface area is 97.4 Å². The molecule has 90 valence electrons. The van der Waals surface area contributed by atoms with Crippen molar-refractivity contribution in [2.75, 3.05) is 12.8 Å². The lowest BCUT2D eigenvalue weighted by Crippen LogP contribution is -1.98. The molecular formula is C11H12FN3O2. The zero-order valence-corrected chi connectivity index (χ0v) is 9.48. The molecule has 1 unspecified atom stereocenters. The lowest BCUT2D eigenvalue weighted by atomic mass is 10.2. The Morgan fingerprint density at radius 3 is 2.88 bits per heavy atom. The van der Waals surface area contributed by atoms with Gasteiger partial charge < -0.3 is 15.0 Å². The molecule has 0 amide bonds. The van der Waals surface area contributed by atoms with Gasteiger partial charge in [0.1, 0.15) is 11.9 Å². The number of ether oxygens (including phenoxy) is 1. The van der Waals surface area contributed by atoms with E-state index in [1.165, 1.54) is 18.2 Å². The summed E-state index contributed by atoms with van der Waals surface area (Å²) < 4.78 is 23.0. The fourth-order valence-electron chi connectivity index (χ4n) is 1.34. The lowest BCUT2D eigenvalue weighted by molar-refractivity contribution is 0.109. The van der Waals surface area contributed by atoms with E-state index in [2.05, 4.69) is 10.1 Å². The summed E-state index contributed by atoms with van der Waals surface area (Å²) in [6.07, 6.45) is -0.269. The second-order valence-electron chi connectivity index (χ2n) is 3.57. The van der Waals surface area contributed by atoms with Crippen LogP contribution in [-0.2, 0) is 4.74 Å². The number of nitrogen functional groups attached to an aromatic ring is 1. The van der Waals surface area contributed by atoms with Crippen LogP contribution in [0, 0.1) is 5.82 Å². The third kappa shape index (κ3) is 2.26. The van der Waals surface area contributed by atoms with Gasteiger partial charge in [-0.1, -0.05) is 5.16 Å². The van der Waals surface area contributed by atoms with Crippen LogP contribution in [0.2, 0.25) is 0 Å². The van der Waals surface area contributed by atoms with Crippen molar-refractivity contribution in [3.63, 3.8) is 0 Å². The highest BCUT2D eigenvalue weighted by Gasteiger charge is 2.16. The smallest absolute Gasteiger partial charge is 0.260 e. The average molecular weight is 237 g/mol. The van der Waals surface area contributed by atoms with Crippen LogP contribution in [-0.4, -0.2) is 17.3 Å². The third-order valence-corrected chi connectivity index (χ3v) is 2.40. The van der Waals surface area contributed by atoms with Gasteiger partial charge in [0.2, 0.25) is 5.82 Å². The topological polar surface area (TPSA) is 74.2 Å². The molecule has 0 fully saturated rings. The summed E-state index contributed by atoms with van der Waals surface area (Å²) in [5, 5.41) is 3.77. The number of rotatable bonds is 3. The first-order valence-electron chi connectivity index (χ1n) is 5.03. The Kier molecular flexibility index (Phi) is 3.06. The summed E-state index contributed by atoms with van der Waals surface area (Å²) in [4.78, 5) is 4.14. The molecule has 0 aliphatic carbocycles. The van der Waals surface area contributed by atoms with Crippen molar-refractivity contribution in [3.8, 4) is 11.5 Å². The fraction of sp³-hybridized carbons (Fsp3) is 0.273. The standard InChI is InChI=1S/C11H12FN3O2/c1-6(16-2)10-14-11(17-15-10)8-4-3-7(12)5-9(8)13/h3-6H,13H2,1-2H3. The highest BCUT2D eigenvalue weighted by atomic mass is 19.1. The van der Waals surface area contributed by atoms with Gasteiger partial charge in [0, 0.05) is 12.8 Å². The molecule has 17 heavy (non-hydrogen) atoms. The molecule has 0 spiro atoms. The minimum atomic E-state index is -0.406. The van der Waals surface area contributed by atoms with E-state index in [1.807, 2.05) is 0 Å². The highest BCUT2D eigenvalue weighted by Crippen LogP contribution is 2.26. The molecule has 1 aromatic heterocycles. The summed E-state index contributed by atoms with van der Waals surface area (Å²) in [6.45, 7) is 1.79. The van der Waals surface area contributed by atoms with Crippen molar-refractivity contribution >= 4 is 5.69 Å². The van der Waals surface area contributed by atoms with Crippen molar-refractivity contribution in [1.82, 2.24) is 10.1 Å². The minimum Gasteiger partial charge on any atom is -0.398 e. The normalized spacial score (nSPS) is 12.6. The van der Waals surface area contributed by atoms with E-state index in [0.717, 1.165) is 0 Å². The van der Waals surface area contributed by atoms with Crippen LogP contribution in [0.4, 0.5) is 10.1 Å². The largest absolute Gasteiger partial charge is 0.398 e. The summed E-state index contributed by atoms with van der Waals surface area (Å²) in [5.74, 6) is 0.267. The molecule has 2 aromatic rings. The van der Waals surface area contributed by atoms with Crippen LogP contribution in [0.3, 0.4) is 0 Å². The molecule has 1 aromatic carbocycles. The van der Waals surface area contributed by atoms with E-state index in [0.29, 0.717) is 11.4 Å². The number of nitrogens with two attached hydrogens (primary N) is 1. The second kappa shape index (κ2) is 4.50. The number of nitrogens with zero attached hydrogens (tertiary/aromatic N) is 2. The molecular weight excluding hydrogens is 225 g/mol. The predicted octanol–water partition coefficient (Wildman–Crippen LogP) is 2.17. The number of anilines is 1. The Bertz CT molecular complexity index is 527. The van der Waals surface area contributed by atoms with E-state index in [1.54, 1.807) is 14.0 Å². The number of aromatic nitrogens is 2. The summed E-state index contributed by atoms with van der Waals surface area (Å²) >= 11 is 0. The van der Waals surface area contributed by atoms with Crippen LogP contribution in [0.25, 0.3) is 11.5 Å². The predicted molar refractivity (Wildman–Crippen MR) is 59.5 cm³/mol. The van der Waals surface area contributed by atoms with Gasteiger partial charge in [0.25, 0.3) is 5.89 Å². The molecule has 1 atom stereocenters. The molecule has 2 rings (SSSR count). The summed E-state index contributed by atoms with van der Waals surface area (Å²) in [7, 11) is 1.55. The molecule has 0 radical (unpaired) electrons. The molecule has 0 saturated carbocycles. The molecule has 2 N–H and O–H groups in total. The number of hydrogen-bond acceptors (Lipinski definition) is 5. The maximum Gasteiger partial charge on any atom is 0.260 e. The first-order valence-corrected chi connectivity index (χ1v) is 5.03.